The summed E-state index contributed by atoms with van der Waals surface area (Å²) in [6, 6.07) is 8.40. The zero-order chi connectivity index (χ0) is 12.9. The van der Waals surface area contributed by atoms with Gasteiger partial charge in [-0.2, -0.15) is 0 Å². The maximum absolute atomic E-state index is 4.67. The topological polar surface area (TPSA) is 24.9 Å². The fourth-order valence-corrected chi connectivity index (χ4v) is 3.88. The number of fused-ring (bicyclic) bond motifs is 1. The molecule has 1 heterocycles. The number of para-hydroxylation sites is 1. The molecule has 1 aromatic carbocycles. The number of rotatable bonds is 4. The molecule has 3 rings (SSSR count). The second kappa shape index (κ2) is 6.49. The standard InChI is InChI=1S/C16H22N2S/c1-2-4-8-13(7-3-1)11-17-12-16-18-14-9-5-6-10-15(14)19-16/h5-6,9-10,13,17H,1-4,7-8,11-12H2. The van der Waals surface area contributed by atoms with E-state index in [1.807, 2.05) is 11.3 Å². The summed E-state index contributed by atoms with van der Waals surface area (Å²) in [5.74, 6) is 0.886. The highest BCUT2D eigenvalue weighted by Gasteiger charge is 2.12. The van der Waals surface area contributed by atoms with Crippen molar-refractivity contribution in [3.05, 3.63) is 29.3 Å². The third-order valence-electron chi connectivity index (χ3n) is 4.02. The summed E-state index contributed by atoms with van der Waals surface area (Å²) in [5, 5.41) is 4.83. The van der Waals surface area contributed by atoms with E-state index < -0.39 is 0 Å². The lowest BCUT2D eigenvalue weighted by Gasteiger charge is -2.13. The Hall–Kier alpha value is -0.930. The molecule has 0 atom stereocenters. The molecule has 1 aromatic heterocycles. The van der Waals surface area contributed by atoms with Crippen LogP contribution in [0.1, 0.15) is 43.5 Å². The zero-order valence-electron chi connectivity index (χ0n) is 11.4. The van der Waals surface area contributed by atoms with Gasteiger partial charge in [-0.15, -0.1) is 11.3 Å². The van der Waals surface area contributed by atoms with Gasteiger partial charge in [0.15, 0.2) is 0 Å². The molecule has 1 aliphatic rings. The van der Waals surface area contributed by atoms with Crippen molar-refractivity contribution < 1.29 is 0 Å². The number of benzene rings is 1. The first-order valence-corrected chi connectivity index (χ1v) is 8.28. The first kappa shape index (κ1) is 13.1. The Balaban J connectivity index is 1.51. The second-order valence-electron chi connectivity index (χ2n) is 5.56. The average Bonchev–Trinajstić information content (AvgIpc) is 2.66. The van der Waals surface area contributed by atoms with E-state index in [4.69, 9.17) is 0 Å². The fourth-order valence-electron chi connectivity index (χ4n) is 2.95. The van der Waals surface area contributed by atoms with E-state index in [0.29, 0.717) is 0 Å². The molecule has 0 amide bonds. The molecule has 0 bridgehead atoms. The fraction of sp³-hybridized carbons (Fsp3) is 0.562. The molecule has 0 radical (unpaired) electrons. The monoisotopic (exact) mass is 274 g/mol. The number of nitrogens with zero attached hydrogens (tertiary/aromatic N) is 1. The van der Waals surface area contributed by atoms with Crippen LogP contribution in [-0.2, 0) is 6.54 Å². The average molecular weight is 274 g/mol. The summed E-state index contributed by atoms with van der Waals surface area (Å²) in [4.78, 5) is 4.67. The predicted octanol–water partition coefficient (Wildman–Crippen LogP) is 4.36. The summed E-state index contributed by atoms with van der Waals surface area (Å²) in [5.41, 5.74) is 1.14. The molecular formula is C16H22N2S. The highest BCUT2D eigenvalue weighted by molar-refractivity contribution is 7.18. The van der Waals surface area contributed by atoms with E-state index in [9.17, 15) is 0 Å². The SMILES string of the molecule is c1ccc2sc(CNCC3CCCCCC3)nc2c1. The summed E-state index contributed by atoms with van der Waals surface area (Å²) < 4.78 is 1.30. The Kier molecular flexibility index (Phi) is 4.46. The predicted molar refractivity (Wildman–Crippen MR) is 82.5 cm³/mol. The van der Waals surface area contributed by atoms with Crippen molar-refractivity contribution >= 4 is 21.6 Å². The summed E-state index contributed by atoms with van der Waals surface area (Å²) >= 11 is 1.81. The number of hydrogen-bond donors (Lipinski definition) is 1. The maximum atomic E-state index is 4.67. The van der Waals surface area contributed by atoms with E-state index in [0.717, 1.165) is 24.5 Å². The van der Waals surface area contributed by atoms with Crippen LogP contribution < -0.4 is 5.32 Å². The number of nitrogens with one attached hydrogen (secondary N) is 1. The van der Waals surface area contributed by atoms with Crippen LogP contribution in [0.2, 0.25) is 0 Å². The van der Waals surface area contributed by atoms with Gasteiger partial charge in [0.25, 0.3) is 0 Å². The quantitative estimate of drug-likeness (QED) is 0.838. The molecule has 1 fully saturated rings. The van der Waals surface area contributed by atoms with Crippen molar-refractivity contribution in [2.75, 3.05) is 6.54 Å². The van der Waals surface area contributed by atoms with Gasteiger partial charge < -0.3 is 5.32 Å². The van der Waals surface area contributed by atoms with Crippen LogP contribution in [0.4, 0.5) is 0 Å². The first-order chi connectivity index (χ1) is 9.42. The lowest BCUT2D eigenvalue weighted by atomic mass is 10.0. The van der Waals surface area contributed by atoms with E-state index in [1.165, 1.54) is 48.2 Å². The van der Waals surface area contributed by atoms with Crippen LogP contribution in [0.3, 0.4) is 0 Å². The van der Waals surface area contributed by atoms with Crippen molar-refractivity contribution in [1.82, 2.24) is 10.3 Å². The number of hydrogen-bond acceptors (Lipinski definition) is 3. The Morgan fingerprint density at radius 1 is 1.11 bits per heavy atom. The van der Waals surface area contributed by atoms with Gasteiger partial charge in [-0.1, -0.05) is 37.8 Å². The van der Waals surface area contributed by atoms with Gasteiger partial charge in [0.2, 0.25) is 0 Å². The van der Waals surface area contributed by atoms with Gasteiger partial charge in [0, 0.05) is 6.54 Å². The van der Waals surface area contributed by atoms with Gasteiger partial charge in [0.1, 0.15) is 5.01 Å². The first-order valence-electron chi connectivity index (χ1n) is 7.47. The maximum Gasteiger partial charge on any atom is 0.108 e. The van der Waals surface area contributed by atoms with Crippen LogP contribution in [0.25, 0.3) is 10.2 Å². The molecule has 0 aliphatic heterocycles. The highest BCUT2D eigenvalue weighted by atomic mass is 32.1. The summed E-state index contributed by atoms with van der Waals surface area (Å²) in [6.07, 6.45) is 8.55. The second-order valence-corrected chi connectivity index (χ2v) is 6.68. The molecular weight excluding hydrogens is 252 g/mol. The normalized spacial score (nSPS) is 17.7. The molecule has 1 aliphatic carbocycles. The molecule has 2 nitrogen and oxygen atoms in total. The Bertz CT molecular complexity index is 479. The van der Waals surface area contributed by atoms with E-state index in [-0.39, 0.29) is 0 Å². The van der Waals surface area contributed by atoms with Crippen molar-refractivity contribution in [2.24, 2.45) is 5.92 Å². The van der Waals surface area contributed by atoms with Gasteiger partial charge in [-0.05, 0) is 37.4 Å². The Morgan fingerprint density at radius 2 is 1.89 bits per heavy atom. The summed E-state index contributed by atoms with van der Waals surface area (Å²) in [7, 11) is 0. The largest absolute Gasteiger partial charge is 0.310 e. The zero-order valence-corrected chi connectivity index (χ0v) is 12.2. The lowest BCUT2D eigenvalue weighted by molar-refractivity contribution is 0.425. The third-order valence-corrected chi connectivity index (χ3v) is 5.06. The highest BCUT2D eigenvalue weighted by Crippen LogP contribution is 2.23. The van der Waals surface area contributed by atoms with Crippen LogP contribution in [0.5, 0.6) is 0 Å². The Morgan fingerprint density at radius 3 is 2.68 bits per heavy atom. The minimum absolute atomic E-state index is 0.886. The van der Waals surface area contributed by atoms with E-state index >= 15 is 0 Å². The smallest absolute Gasteiger partial charge is 0.108 e. The molecule has 3 heteroatoms. The Labute approximate surface area is 119 Å². The van der Waals surface area contributed by atoms with Gasteiger partial charge in [-0.3, -0.25) is 0 Å². The van der Waals surface area contributed by atoms with Gasteiger partial charge in [0.05, 0.1) is 10.2 Å². The van der Waals surface area contributed by atoms with E-state index in [2.05, 4.69) is 34.6 Å². The molecule has 19 heavy (non-hydrogen) atoms. The van der Waals surface area contributed by atoms with Crippen molar-refractivity contribution in [2.45, 2.75) is 45.1 Å². The van der Waals surface area contributed by atoms with Gasteiger partial charge >= 0.3 is 0 Å². The lowest BCUT2D eigenvalue weighted by Crippen LogP contribution is -2.22. The van der Waals surface area contributed by atoms with Crippen LogP contribution in [0, 0.1) is 5.92 Å². The molecule has 0 saturated heterocycles. The third kappa shape index (κ3) is 3.54. The molecule has 1 N–H and O–H groups in total. The minimum atomic E-state index is 0.886. The van der Waals surface area contributed by atoms with Gasteiger partial charge in [-0.25, -0.2) is 4.98 Å². The van der Waals surface area contributed by atoms with Crippen LogP contribution in [-0.4, -0.2) is 11.5 Å². The molecule has 102 valence electrons. The number of aromatic nitrogens is 1. The minimum Gasteiger partial charge on any atom is -0.310 e. The molecule has 0 spiro atoms. The molecule has 0 unspecified atom stereocenters. The van der Waals surface area contributed by atoms with E-state index in [1.54, 1.807) is 0 Å². The summed E-state index contributed by atoms with van der Waals surface area (Å²) in [6.45, 7) is 2.09. The number of thiazole rings is 1. The molecule has 1 saturated carbocycles. The van der Waals surface area contributed by atoms with Crippen LogP contribution >= 0.6 is 11.3 Å². The van der Waals surface area contributed by atoms with Crippen molar-refractivity contribution in [1.29, 1.82) is 0 Å². The van der Waals surface area contributed by atoms with Crippen molar-refractivity contribution in [3.8, 4) is 0 Å². The van der Waals surface area contributed by atoms with Crippen LogP contribution in [0.15, 0.2) is 24.3 Å². The van der Waals surface area contributed by atoms with Crippen molar-refractivity contribution in [3.63, 3.8) is 0 Å². The molecule has 2 aromatic rings.